The zero-order valence-corrected chi connectivity index (χ0v) is 13.3. The molecular formula is C18H19NO4. The first-order chi connectivity index (χ1) is 11.1. The number of hydrogen-bond donors (Lipinski definition) is 0. The molecule has 5 nitrogen and oxygen atoms in total. The quantitative estimate of drug-likeness (QED) is 0.639. The molecule has 0 aliphatic heterocycles. The third-order valence-corrected chi connectivity index (χ3v) is 4.25. The van der Waals surface area contributed by atoms with Crippen LogP contribution >= 0.6 is 0 Å². The summed E-state index contributed by atoms with van der Waals surface area (Å²) < 4.78 is 10.6. The van der Waals surface area contributed by atoms with Gasteiger partial charge in [-0.1, -0.05) is 17.3 Å². The number of carbonyl (C=O) groups is 2. The Bertz CT molecular complexity index is 741. The van der Waals surface area contributed by atoms with Gasteiger partial charge >= 0.3 is 5.97 Å². The molecule has 0 bridgehead atoms. The van der Waals surface area contributed by atoms with E-state index in [4.69, 9.17) is 9.26 Å². The first-order valence-corrected chi connectivity index (χ1v) is 7.84. The molecule has 0 saturated carbocycles. The first-order valence-electron chi connectivity index (χ1n) is 7.84. The number of fused-ring (bicyclic) bond motifs is 1. The van der Waals surface area contributed by atoms with Crippen LogP contribution in [0.2, 0.25) is 0 Å². The lowest BCUT2D eigenvalue weighted by Gasteiger charge is -2.17. The molecule has 2 aromatic rings. The van der Waals surface area contributed by atoms with Gasteiger partial charge in [-0.15, -0.1) is 0 Å². The normalized spacial score (nSPS) is 13.7. The fourth-order valence-corrected chi connectivity index (χ4v) is 3.00. The van der Waals surface area contributed by atoms with E-state index in [1.54, 1.807) is 18.2 Å². The summed E-state index contributed by atoms with van der Waals surface area (Å²) in [6.45, 7) is 3.69. The van der Waals surface area contributed by atoms with E-state index in [-0.39, 0.29) is 18.2 Å². The van der Waals surface area contributed by atoms with E-state index in [1.165, 1.54) is 0 Å². The molecule has 1 heterocycles. The van der Waals surface area contributed by atoms with E-state index in [1.807, 2.05) is 13.8 Å². The van der Waals surface area contributed by atoms with Gasteiger partial charge in [0.1, 0.15) is 11.5 Å². The van der Waals surface area contributed by atoms with Gasteiger partial charge in [0, 0.05) is 23.1 Å². The third-order valence-electron chi connectivity index (χ3n) is 4.25. The Hall–Kier alpha value is -2.43. The molecule has 0 amide bonds. The molecule has 0 unspecified atom stereocenters. The summed E-state index contributed by atoms with van der Waals surface area (Å²) in [5, 5.41) is 3.88. The van der Waals surface area contributed by atoms with Crippen molar-refractivity contribution in [2.75, 3.05) is 0 Å². The van der Waals surface area contributed by atoms with E-state index in [9.17, 15) is 9.59 Å². The summed E-state index contributed by atoms with van der Waals surface area (Å²) in [5.74, 6) is 1.06. The second-order valence-corrected chi connectivity index (χ2v) is 5.84. The van der Waals surface area contributed by atoms with E-state index in [2.05, 4.69) is 5.16 Å². The highest BCUT2D eigenvalue weighted by molar-refractivity contribution is 5.99. The highest BCUT2D eigenvalue weighted by Gasteiger charge is 2.21. The third kappa shape index (κ3) is 3.18. The minimum Gasteiger partial charge on any atom is -0.426 e. The highest BCUT2D eigenvalue weighted by Crippen LogP contribution is 2.30. The van der Waals surface area contributed by atoms with Crippen molar-refractivity contribution in [3.05, 3.63) is 46.3 Å². The van der Waals surface area contributed by atoms with Crippen LogP contribution in [0.25, 0.3) is 0 Å². The lowest BCUT2D eigenvalue weighted by molar-refractivity contribution is -0.134. The number of esters is 1. The molecular weight excluding hydrogens is 294 g/mol. The minimum absolute atomic E-state index is 0.125. The van der Waals surface area contributed by atoms with E-state index in [0.717, 1.165) is 35.4 Å². The number of ketones is 1. The Labute approximate surface area is 134 Å². The average Bonchev–Trinajstić information content (AvgIpc) is 2.85. The van der Waals surface area contributed by atoms with Gasteiger partial charge in [0.05, 0.1) is 12.1 Å². The SMILES string of the molecule is Cc1noc(C)c1CCC(=O)Oc1cccc2c1CCCC2=O. The molecule has 0 saturated heterocycles. The van der Waals surface area contributed by atoms with E-state index >= 15 is 0 Å². The van der Waals surface area contributed by atoms with Gasteiger partial charge in [-0.05, 0) is 39.2 Å². The van der Waals surface area contributed by atoms with E-state index < -0.39 is 0 Å². The number of hydrogen-bond acceptors (Lipinski definition) is 5. The summed E-state index contributed by atoms with van der Waals surface area (Å²) >= 11 is 0. The second kappa shape index (κ2) is 6.36. The molecule has 0 fully saturated rings. The number of aryl methyl sites for hydroxylation is 2. The van der Waals surface area contributed by atoms with Crippen LogP contribution < -0.4 is 4.74 Å². The fraction of sp³-hybridized carbons (Fsp3) is 0.389. The lowest BCUT2D eigenvalue weighted by atomic mass is 9.90. The van der Waals surface area contributed by atoms with Crippen molar-refractivity contribution < 1.29 is 18.8 Å². The van der Waals surface area contributed by atoms with Crippen LogP contribution in [0.4, 0.5) is 0 Å². The minimum atomic E-state index is -0.309. The van der Waals surface area contributed by atoms with Gasteiger partial charge in [0.25, 0.3) is 0 Å². The molecule has 1 aliphatic carbocycles. The highest BCUT2D eigenvalue weighted by atomic mass is 16.5. The number of rotatable bonds is 4. The van der Waals surface area contributed by atoms with Crippen LogP contribution in [-0.4, -0.2) is 16.9 Å². The van der Waals surface area contributed by atoms with Crippen LogP contribution in [-0.2, 0) is 17.6 Å². The van der Waals surface area contributed by atoms with Gasteiger partial charge in [0.15, 0.2) is 5.78 Å². The van der Waals surface area contributed by atoms with Crippen LogP contribution in [0.1, 0.15) is 52.2 Å². The summed E-state index contributed by atoms with van der Waals surface area (Å²) in [6.07, 6.45) is 2.93. The molecule has 120 valence electrons. The average molecular weight is 313 g/mol. The Morgan fingerprint density at radius 1 is 1.30 bits per heavy atom. The standard InChI is InChI=1S/C18H19NO4/c1-11-13(12(2)23-19-11)9-10-18(21)22-17-8-4-5-14-15(17)6-3-7-16(14)20/h4-5,8H,3,6-7,9-10H2,1-2H3. The van der Waals surface area contributed by atoms with Crippen molar-refractivity contribution >= 4 is 11.8 Å². The Balaban J connectivity index is 1.69. The Kier molecular flexibility index (Phi) is 4.28. The maximum Gasteiger partial charge on any atom is 0.311 e. The largest absolute Gasteiger partial charge is 0.426 e. The van der Waals surface area contributed by atoms with Crippen LogP contribution in [0.15, 0.2) is 22.7 Å². The summed E-state index contributed by atoms with van der Waals surface area (Å²) in [6, 6.07) is 5.32. The van der Waals surface area contributed by atoms with Crippen molar-refractivity contribution in [2.45, 2.75) is 46.0 Å². The molecule has 0 radical (unpaired) electrons. The predicted octanol–water partition coefficient (Wildman–Crippen LogP) is 3.35. The van der Waals surface area contributed by atoms with Crippen molar-refractivity contribution in [1.82, 2.24) is 5.16 Å². The Morgan fingerprint density at radius 3 is 2.87 bits per heavy atom. The van der Waals surface area contributed by atoms with Crippen LogP contribution in [0.5, 0.6) is 5.75 Å². The molecule has 1 aromatic heterocycles. The summed E-state index contributed by atoms with van der Waals surface area (Å²) in [5.41, 5.74) is 3.30. The Morgan fingerprint density at radius 2 is 2.13 bits per heavy atom. The monoisotopic (exact) mass is 313 g/mol. The molecule has 3 rings (SSSR count). The van der Waals surface area contributed by atoms with E-state index in [0.29, 0.717) is 24.2 Å². The molecule has 1 aliphatic rings. The zero-order valence-electron chi connectivity index (χ0n) is 13.3. The number of nitrogens with zero attached hydrogens (tertiary/aromatic N) is 1. The van der Waals surface area contributed by atoms with Crippen LogP contribution in [0.3, 0.4) is 0 Å². The maximum absolute atomic E-state index is 12.1. The molecule has 0 spiro atoms. The van der Waals surface area contributed by atoms with Gasteiger partial charge < -0.3 is 9.26 Å². The van der Waals surface area contributed by atoms with Gasteiger partial charge in [-0.2, -0.15) is 0 Å². The predicted molar refractivity (Wildman–Crippen MR) is 83.6 cm³/mol. The first kappa shape index (κ1) is 15.5. The zero-order chi connectivity index (χ0) is 16.4. The van der Waals surface area contributed by atoms with Crippen LogP contribution in [0, 0.1) is 13.8 Å². The molecule has 23 heavy (non-hydrogen) atoms. The molecule has 5 heteroatoms. The van der Waals surface area contributed by atoms with Crippen molar-refractivity contribution in [1.29, 1.82) is 0 Å². The van der Waals surface area contributed by atoms with Crippen molar-refractivity contribution in [3.63, 3.8) is 0 Å². The number of benzene rings is 1. The maximum atomic E-state index is 12.1. The fourth-order valence-electron chi connectivity index (χ4n) is 3.00. The number of aromatic nitrogens is 1. The summed E-state index contributed by atoms with van der Waals surface area (Å²) in [4.78, 5) is 24.1. The topological polar surface area (TPSA) is 69.4 Å². The second-order valence-electron chi connectivity index (χ2n) is 5.84. The molecule has 0 atom stereocenters. The van der Waals surface area contributed by atoms with Gasteiger partial charge in [-0.25, -0.2) is 0 Å². The number of carbonyl (C=O) groups excluding carboxylic acids is 2. The van der Waals surface area contributed by atoms with Crippen molar-refractivity contribution in [2.24, 2.45) is 0 Å². The smallest absolute Gasteiger partial charge is 0.311 e. The van der Waals surface area contributed by atoms with Gasteiger partial charge in [-0.3, -0.25) is 9.59 Å². The van der Waals surface area contributed by atoms with Gasteiger partial charge in [0.2, 0.25) is 0 Å². The van der Waals surface area contributed by atoms with Crippen molar-refractivity contribution in [3.8, 4) is 5.75 Å². The number of Topliss-reactive ketones (excluding diaryl/α,β-unsaturated/α-hetero) is 1. The lowest BCUT2D eigenvalue weighted by Crippen LogP contribution is -2.15. The number of ether oxygens (including phenoxy) is 1. The molecule has 0 N–H and O–H groups in total. The molecule has 1 aromatic carbocycles. The summed E-state index contributed by atoms with van der Waals surface area (Å²) in [7, 11) is 0.